The normalized spacial score (nSPS) is 11.5. The van der Waals surface area contributed by atoms with Crippen molar-refractivity contribution in [2.45, 2.75) is 0 Å². The lowest BCUT2D eigenvalue weighted by Gasteiger charge is -2.10. The Morgan fingerprint density at radius 1 is 0.450 bits per heavy atom. The summed E-state index contributed by atoms with van der Waals surface area (Å²) in [7, 11) is 0. The topological polar surface area (TPSA) is 43.6 Å². The molecule has 0 fully saturated rings. The van der Waals surface area contributed by atoms with E-state index in [0.29, 0.717) is 17.5 Å². The summed E-state index contributed by atoms with van der Waals surface area (Å²) in [5.41, 5.74) is 5.17. The molecule has 0 unspecified atom stereocenters. The zero-order chi connectivity index (χ0) is 26.5. The maximum Gasteiger partial charge on any atom is 0.164 e. The maximum atomic E-state index is 4.87. The molecule has 8 aromatic rings. The fourth-order valence-electron chi connectivity index (χ4n) is 5.33. The summed E-state index contributed by atoms with van der Waals surface area (Å²) < 4.78 is 4.91. The average molecular weight is 531 g/mol. The van der Waals surface area contributed by atoms with Gasteiger partial charge < -0.3 is 4.57 Å². The lowest BCUT2D eigenvalue weighted by Crippen LogP contribution is -2.00. The molecule has 0 amide bonds. The van der Waals surface area contributed by atoms with Crippen molar-refractivity contribution in [3.05, 3.63) is 134 Å². The molecule has 0 N–H and O–H groups in total. The highest BCUT2D eigenvalue weighted by Gasteiger charge is 2.14. The SMILES string of the molecule is c1ccc(-c2nc(-c3ccccc3)nc(-c3ccc(-n4ccc5c6sc7ccccc7c6ccc54)cc3)n2)cc1. The summed E-state index contributed by atoms with van der Waals surface area (Å²) in [6.45, 7) is 0. The van der Waals surface area contributed by atoms with Gasteiger partial charge in [0, 0.05) is 54.1 Å². The summed E-state index contributed by atoms with van der Waals surface area (Å²) in [6, 6.07) is 43.9. The van der Waals surface area contributed by atoms with Crippen LogP contribution in [0.4, 0.5) is 0 Å². The van der Waals surface area contributed by atoms with Crippen LogP contribution in [0.5, 0.6) is 0 Å². The molecular weight excluding hydrogens is 508 g/mol. The summed E-state index contributed by atoms with van der Waals surface area (Å²) in [5.74, 6) is 1.98. The molecule has 0 atom stereocenters. The van der Waals surface area contributed by atoms with Crippen LogP contribution >= 0.6 is 11.3 Å². The Bertz CT molecular complexity index is 2090. The molecule has 0 aliphatic heterocycles. The fraction of sp³-hybridized carbons (Fsp3) is 0. The van der Waals surface area contributed by atoms with Gasteiger partial charge in [-0.15, -0.1) is 11.3 Å². The molecule has 8 rings (SSSR count). The molecule has 4 nitrogen and oxygen atoms in total. The third-order valence-corrected chi connectivity index (χ3v) is 8.54. The van der Waals surface area contributed by atoms with E-state index in [1.54, 1.807) is 0 Å². The van der Waals surface area contributed by atoms with Gasteiger partial charge in [-0.2, -0.15) is 0 Å². The van der Waals surface area contributed by atoms with Crippen molar-refractivity contribution in [1.82, 2.24) is 19.5 Å². The van der Waals surface area contributed by atoms with Gasteiger partial charge in [0.15, 0.2) is 17.5 Å². The third-order valence-electron chi connectivity index (χ3n) is 7.32. The molecule has 5 heteroatoms. The molecule has 0 saturated heterocycles. The van der Waals surface area contributed by atoms with Crippen molar-refractivity contribution in [1.29, 1.82) is 0 Å². The monoisotopic (exact) mass is 530 g/mol. The highest BCUT2D eigenvalue weighted by Crippen LogP contribution is 2.39. The van der Waals surface area contributed by atoms with Gasteiger partial charge in [-0.05, 0) is 42.5 Å². The van der Waals surface area contributed by atoms with E-state index < -0.39 is 0 Å². The molecule has 40 heavy (non-hydrogen) atoms. The zero-order valence-corrected chi connectivity index (χ0v) is 22.2. The van der Waals surface area contributed by atoms with E-state index in [1.165, 1.54) is 31.1 Å². The maximum absolute atomic E-state index is 4.87. The molecule has 0 radical (unpaired) electrons. The van der Waals surface area contributed by atoms with E-state index in [0.717, 1.165) is 22.4 Å². The van der Waals surface area contributed by atoms with Gasteiger partial charge in [0.25, 0.3) is 0 Å². The van der Waals surface area contributed by atoms with Crippen molar-refractivity contribution in [2.75, 3.05) is 0 Å². The summed E-state index contributed by atoms with van der Waals surface area (Å²) in [5, 5.41) is 3.92. The number of thiophene rings is 1. The number of rotatable bonds is 4. The van der Waals surface area contributed by atoms with Gasteiger partial charge in [0.2, 0.25) is 0 Å². The number of benzene rings is 5. The van der Waals surface area contributed by atoms with Crippen molar-refractivity contribution >= 4 is 42.4 Å². The summed E-state index contributed by atoms with van der Waals surface area (Å²) in [4.78, 5) is 14.5. The molecule has 0 bridgehead atoms. The Balaban J connectivity index is 1.21. The van der Waals surface area contributed by atoms with Gasteiger partial charge in [-0.3, -0.25) is 0 Å². The predicted molar refractivity (Wildman–Crippen MR) is 166 cm³/mol. The Morgan fingerprint density at radius 3 is 1.68 bits per heavy atom. The van der Waals surface area contributed by atoms with Gasteiger partial charge in [0.1, 0.15) is 0 Å². The van der Waals surface area contributed by atoms with Gasteiger partial charge in [0.05, 0.1) is 5.52 Å². The smallest absolute Gasteiger partial charge is 0.164 e. The van der Waals surface area contributed by atoms with Crippen LogP contribution in [0.25, 0.3) is 70.9 Å². The first-order valence-corrected chi connectivity index (χ1v) is 14.0. The quantitative estimate of drug-likeness (QED) is 0.228. The molecular formula is C35H22N4S. The number of fused-ring (bicyclic) bond motifs is 5. The number of aromatic nitrogens is 4. The van der Waals surface area contributed by atoms with Crippen LogP contribution in [-0.2, 0) is 0 Å². The standard InChI is InChI=1S/C35H22N4S/c1-3-9-23(10-4-1)33-36-34(24-11-5-2-6-12-24)38-35(37-33)25-15-17-26(18-16-25)39-22-21-29-30(39)20-19-28-27-13-7-8-14-31(27)40-32(28)29/h1-22H. The predicted octanol–water partition coefficient (Wildman–Crippen LogP) is 9.18. The minimum Gasteiger partial charge on any atom is -0.317 e. The number of hydrogen-bond donors (Lipinski definition) is 0. The second-order valence-corrected chi connectivity index (χ2v) is 10.8. The minimum absolute atomic E-state index is 0.656. The highest BCUT2D eigenvalue weighted by atomic mass is 32.1. The summed E-state index contributed by atoms with van der Waals surface area (Å²) in [6.07, 6.45) is 2.16. The van der Waals surface area contributed by atoms with Crippen LogP contribution in [0.1, 0.15) is 0 Å². The average Bonchev–Trinajstić information content (AvgIpc) is 3.64. The summed E-state index contributed by atoms with van der Waals surface area (Å²) >= 11 is 1.86. The van der Waals surface area contributed by atoms with Crippen molar-refractivity contribution in [3.63, 3.8) is 0 Å². The minimum atomic E-state index is 0.656. The van der Waals surface area contributed by atoms with Crippen LogP contribution in [-0.4, -0.2) is 19.5 Å². The Labute approximate surface area is 234 Å². The first kappa shape index (κ1) is 22.8. The van der Waals surface area contributed by atoms with Crippen molar-refractivity contribution in [2.24, 2.45) is 0 Å². The molecule has 0 spiro atoms. The van der Waals surface area contributed by atoms with Gasteiger partial charge in [-0.25, -0.2) is 15.0 Å². The van der Waals surface area contributed by atoms with Crippen molar-refractivity contribution < 1.29 is 0 Å². The van der Waals surface area contributed by atoms with E-state index in [-0.39, 0.29) is 0 Å². The molecule has 0 saturated carbocycles. The lowest BCUT2D eigenvalue weighted by atomic mass is 10.1. The zero-order valence-electron chi connectivity index (χ0n) is 21.4. The van der Waals surface area contributed by atoms with Crippen LogP contribution in [0.3, 0.4) is 0 Å². The van der Waals surface area contributed by atoms with Crippen LogP contribution in [0.15, 0.2) is 134 Å². The van der Waals surface area contributed by atoms with Crippen LogP contribution < -0.4 is 0 Å². The van der Waals surface area contributed by atoms with E-state index >= 15 is 0 Å². The van der Waals surface area contributed by atoms with E-state index in [2.05, 4.69) is 77.5 Å². The number of hydrogen-bond acceptors (Lipinski definition) is 4. The molecule has 0 aliphatic carbocycles. The third kappa shape index (κ3) is 3.79. The van der Waals surface area contributed by atoms with Crippen LogP contribution in [0.2, 0.25) is 0 Å². The second kappa shape index (κ2) is 9.26. The van der Waals surface area contributed by atoms with E-state index in [4.69, 9.17) is 15.0 Å². The first-order chi connectivity index (χ1) is 19.8. The van der Waals surface area contributed by atoms with Gasteiger partial charge in [-0.1, -0.05) is 84.9 Å². The molecule has 5 aromatic carbocycles. The Hall–Kier alpha value is -5.13. The van der Waals surface area contributed by atoms with Crippen LogP contribution in [0, 0.1) is 0 Å². The highest BCUT2D eigenvalue weighted by molar-refractivity contribution is 7.26. The largest absolute Gasteiger partial charge is 0.317 e. The van der Waals surface area contributed by atoms with E-state index in [1.807, 2.05) is 72.0 Å². The molecule has 3 aromatic heterocycles. The van der Waals surface area contributed by atoms with Crippen molar-refractivity contribution in [3.8, 4) is 39.9 Å². The van der Waals surface area contributed by atoms with E-state index in [9.17, 15) is 0 Å². The first-order valence-electron chi connectivity index (χ1n) is 13.2. The Kier molecular flexibility index (Phi) is 5.28. The molecule has 188 valence electrons. The lowest BCUT2D eigenvalue weighted by molar-refractivity contribution is 1.07. The Morgan fingerprint density at radius 2 is 1.02 bits per heavy atom. The molecule has 3 heterocycles. The number of nitrogens with zero attached hydrogens (tertiary/aromatic N) is 4. The molecule has 0 aliphatic rings. The second-order valence-electron chi connectivity index (χ2n) is 9.74. The van der Waals surface area contributed by atoms with Gasteiger partial charge >= 0.3 is 0 Å². The fourth-order valence-corrected chi connectivity index (χ4v) is 6.56.